The lowest BCUT2D eigenvalue weighted by Crippen LogP contribution is -2.43. The third kappa shape index (κ3) is 3.22. The van der Waals surface area contributed by atoms with Gasteiger partial charge in [0.15, 0.2) is 0 Å². The zero-order chi connectivity index (χ0) is 12.5. The summed E-state index contributed by atoms with van der Waals surface area (Å²) in [4.78, 5) is 25.0. The minimum absolute atomic E-state index is 0.0471. The van der Waals surface area contributed by atoms with E-state index in [2.05, 4.69) is 0 Å². The molecule has 0 saturated carbocycles. The van der Waals surface area contributed by atoms with E-state index in [4.69, 9.17) is 4.74 Å². The third-order valence-electron chi connectivity index (χ3n) is 2.57. The van der Waals surface area contributed by atoms with Crippen molar-refractivity contribution in [3.63, 3.8) is 0 Å². The molecule has 2 unspecified atom stereocenters. The van der Waals surface area contributed by atoms with Crippen LogP contribution >= 0.6 is 0 Å². The summed E-state index contributed by atoms with van der Waals surface area (Å²) in [6.45, 7) is 9.87. The molecule has 0 aromatic carbocycles. The second-order valence-corrected chi connectivity index (χ2v) is 5.56. The summed E-state index contributed by atoms with van der Waals surface area (Å²) in [5.41, 5.74) is -0.500. The van der Waals surface area contributed by atoms with E-state index in [0.29, 0.717) is 18.9 Å². The minimum atomic E-state index is -0.500. The molecule has 0 aromatic rings. The van der Waals surface area contributed by atoms with E-state index in [1.807, 2.05) is 27.7 Å². The fourth-order valence-electron chi connectivity index (χ4n) is 1.81. The highest BCUT2D eigenvalue weighted by Crippen LogP contribution is 2.21. The number of carbonyl (C=O) groups is 2. The number of carbonyl (C=O) groups excluding carboxylic acids is 2. The van der Waals surface area contributed by atoms with Gasteiger partial charge in [-0.2, -0.15) is 0 Å². The Hall–Kier alpha value is -1.06. The van der Waals surface area contributed by atoms with Gasteiger partial charge in [-0.15, -0.1) is 0 Å². The molecular weight excluding hydrogens is 206 g/mol. The second-order valence-electron chi connectivity index (χ2n) is 5.56. The van der Waals surface area contributed by atoms with Crippen molar-refractivity contribution in [3.8, 4) is 0 Å². The van der Waals surface area contributed by atoms with Gasteiger partial charge in [-0.3, -0.25) is 4.79 Å². The topological polar surface area (TPSA) is 46.6 Å². The third-order valence-corrected chi connectivity index (χ3v) is 2.57. The first-order valence-corrected chi connectivity index (χ1v) is 5.73. The fourth-order valence-corrected chi connectivity index (χ4v) is 1.81. The average molecular weight is 227 g/mol. The summed E-state index contributed by atoms with van der Waals surface area (Å²) in [7, 11) is 0. The summed E-state index contributed by atoms with van der Waals surface area (Å²) < 4.78 is 5.26. The molecule has 1 aliphatic heterocycles. The van der Waals surface area contributed by atoms with E-state index < -0.39 is 11.6 Å². The normalized spacial score (nSPS) is 23.4. The van der Waals surface area contributed by atoms with Crippen LogP contribution in [0.2, 0.25) is 0 Å². The van der Waals surface area contributed by atoms with Gasteiger partial charge in [-0.05, 0) is 33.6 Å². The zero-order valence-electron chi connectivity index (χ0n) is 10.7. The van der Waals surface area contributed by atoms with Crippen LogP contribution < -0.4 is 0 Å². The quantitative estimate of drug-likeness (QED) is 0.673. The Morgan fingerprint density at radius 1 is 1.50 bits per heavy atom. The number of nitrogens with zero attached hydrogens (tertiary/aromatic N) is 1. The molecule has 16 heavy (non-hydrogen) atoms. The van der Waals surface area contributed by atoms with Crippen molar-refractivity contribution in [3.05, 3.63) is 0 Å². The Balaban J connectivity index is 2.61. The van der Waals surface area contributed by atoms with E-state index in [1.165, 1.54) is 0 Å². The molecule has 0 aliphatic carbocycles. The van der Waals surface area contributed by atoms with Crippen LogP contribution in [0.3, 0.4) is 0 Å². The molecule has 1 fully saturated rings. The lowest BCUT2D eigenvalue weighted by atomic mass is 10.2. The van der Waals surface area contributed by atoms with Gasteiger partial charge in [0, 0.05) is 13.0 Å². The van der Waals surface area contributed by atoms with Crippen LogP contribution in [-0.2, 0) is 14.3 Å². The SMILES string of the molecule is CC1CC(=O)N(C(C)C(=O)OC(C)(C)C)C1. The van der Waals surface area contributed by atoms with Crippen molar-refractivity contribution in [1.29, 1.82) is 0 Å². The number of hydrogen-bond donors (Lipinski definition) is 0. The molecule has 2 atom stereocenters. The van der Waals surface area contributed by atoms with Crippen LogP contribution in [0.4, 0.5) is 0 Å². The fraction of sp³-hybridized carbons (Fsp3) is 0.833. The Morgan fingerprint density at radius 3 is 2.44 bits per heavy atom. The van der Waals surface area contributed by atoms with Crippen molar-refractivity contribution in [2.24, 2.45) is 5.92 Å². The average Bonchev–Trinajstić information content (AvgIpc) is 2.41. The van der Waals surface area contributed by atoms with Crippen molar-refractivity contribution < 1.29 is 14.3 Å². The van der Waals surface area contributed by atoms with Gasteiger partial charge in [0.2, 0.25) is 5.91 Å². The molecule has 4 heteroatoms. The summed E-state index contributed by atoms with van der Waals surface area (Å²) >= 11 is 0. The minimum Gasteiger partial charge on any atom is -0.458 e. The molecule has 0 spiro atoms. The standard InChI is InChI=1S/C12H21NO3/c1-8-6-10(14)13(7-8)9(2)11(15)16-12(3,4)5/h8-9H,6-7H2,1-5H3. The van der Waals surface area contributed by atoms with E-state index in [1.54, 1.807) is 11.8 Å². The lowest BCUT2D eigenvalue weighted by molar-refractivity contribution is -0.163. The summed E-state index contributed by atoms with van der Waals surface area (Å²) in [6.07, 6.45) is 0.535. The number of ether oxygens (including phenoxy) is 1. The smallest absolute Gasteiger partial charge is 0.329 e. The number of esters is 1. The first-order chi connectivity index (χ1) is 7.20. The Morgan fingerprint density at radius 2 is 2.06 bits per heavy atom. The molecule has 1 rings (SSSR count). The summed E-state index contributed by atoms with van der Waals surface area (Å²) in [5, 5.41) is 0. The molecule has 1 saturated heterocycles. The van der Waals surface area contributed by atoms with Crippen molar-refractivity contribution >= 4 is 11.9 Å². The van der Waals surface area contributed by atoms with E-state index >= 15 is 0 Å². The molecule has 4 nitrogen and oxygen atoms in total. The van der Waals surface area contributed by atoms with Crippen molar-refractivity contribution in [1.82, 2.24) is 4.90 Å². The molecule has 0 aromatic heterocycles. The Labute approximate surface area is 96.9 Å². The van der Waals surface area contributed by atoms with Crippen LogP contribution in [0.1, 0.15) is 41.0 Å². The Kier molecular flexibility index (Phi) is 3.61. The molecule has 0 N–H and O–H groups in total. The number of rotatable bonds is 2. The summed E-state index contributed by atoms with van der Waals surface area (Å²) in [5.74, 6) is 0.0539. The van der Waals surface area contributed by atoms with Crippen LogP contribution in [0.5, 0.6) is 0 Å². The van der Waals surface area contributed by atoms with Gasteiger partial charge < -0.3 is 9.64 Å². The molecule has 1 amide bonds. The van der Waals surface area contributed by atoms with E-state index in [0.717, 1.165) is 0 Å². The number of amides is 1. The van der Waals surface area contributed by atoms with Gasteiger partial charge in [-0.1, -0.05) is 6.92 Å². The zero-order valence-corrected chi connectivity index (χ0v) is 10.7. The van der Waals surface area contributed by atoms with Crippen LogP contribution in [0, 0.1) is 5.92 Å². The van der Waals surface area contributed by atoms with Crippen LogP contribution in [-0.4, -0.2) is 35.0 Å². The van der Waals surface area contributed by atoms with Crippen molar-refractivity contribution in [2.75, 3.05) is 6.54 Å². The largest absolute Gasteiger partial charge is 0.458 e. The molecule has 92 valence electrons. The molecule has 1 aliphatic rings. The molecule has 0 bridgehead atoms. The van der Waals surface area contributed by atoms with E-state index in [-0.39, 0.29) is 11.9 Å². The van der Waals surface area contributed by atoms with Crippen LogP contribution in [0.25, 0.3) is 0 Å². The molecule has 0 radical (unpaired) electrons. The maximum atomic E-state index is 11.8. The number of hydrogen-bond acceptors (Lipinski definition) is 3. The maximum Gasteiger partial charge on any atom is 0.329 e. The predicted octanol–water partition coefficient (Wildman–Crippen LogP) is 1.58. The van der Waals surface area contributed by atoms with Gasteiger partial charge in [0.05, 0.1) is 0 Å². The predicted molar refractivity (Wildman–Crippen MR) is 60.8 cm³/mol. The summed E-state index contributed by atoms with van der Waals surface area (Å²) in [6, 6.07) is -0.475. The highest BCUT2D eigenvalue weighted by Gasteiger charge is 2.35. The number of likely N-dealkylation sites (tertiary alicyclic amines) is 1. The Bertz CT molecular complexity index is 293. The monoisotopic (exact) mass is 227 g/mol. The highest BCUT2D eigenvalue weighted by molar-refractivity contribution is 5.85. The van der Waals surface area contributed by atoms with Crippen molar-refractivity contribution in [2.45, 2.75) is 52.7 Å². The first-order valence-electron chi connectivity index (χ1n) is 5.73. The highest BCUT2D eigenvalue weighted by atomic mass is 16.6. The second kappa shape index (κ2) is 4.44. The maximum absolute atomic E-state index is 11.8. The van der Waals surface area contributed by atoms with Crippen LogP contribution in [0.15, 0.2) is 0 Å². The lowest BCUT2D eigenvalue weighted by Gasteiger charge is -2.27. The molecule has 1 heterocycles. The van der Waals surface area contributed by atoms with Gasteiger partial charge >= 0.3 is 5.97 Å². The van der Waals surface area contributed by atoms with Gasteiger partial charge in [0.1, 0.15) is 11.6 Å². The van der Waals surface area contributed by atoms with Gasteiger partial charge in [-0.25, -0.2) is 4.79 Å². The molecular formula is C12H21NO3. The van der Waals surface area contributed by atoms with Gasteiger partial charge in [0.25, 0.3) is 0 Å². The van der Waals surface area contributed by atoms with E-state index in [9.17, 15) is 9.59 Å². The first kappa shape index (κ1) is 13.0.